The second-order valence-corrected chi connectivity index (χ2v) is 3.58. The van der Waals surface area contributed by atoms with Gasteiger partial charge < -0.3 is 9.22 Å². The zero-order chi connectivity index (χ0) is 9.45. The van der Waals surface area contributed by atoms with Gasteiger partial charge in [-0.05, 0) is 5.53 Å². The molecular formula is C7H17N4O+. The Bertz CT molecular complexity index is 157. The Morgan fingerprint density at radius 1 is 1.33 bits per heavy atom. The minimum absolute atomic E-state index is 0.424. The molecular weight excluding hydrogens is 156 g/mol. The predicted molar refractivity (Wildman–Crippen MR) is 47.7 cm³/mol. The van der Waals surface area contributed by atoms with E-state index in [1.165, 1.54) is 0 Å². The Morgan fingerprint density at radius 2 is 2.00 bits per heavy atom. The maximum Gasteiger partial charge on any atom is 0.102 e. The van der Waals surface area contributed by atoms with Crippen LogP contribution in [0.25, 0.3) is 10.4 Å². The van der Waals surface area contributed by atoms with E-state index in [-0.39, 0.29) is 0 Å². The third kappa shape index (κ3) is 9.23. The molecule has 0 rings (SSSR count). The molecule has 0 saturated heterocycles. The molecule has 0 saturated carbocycles. The lowest BCUT2D eigenvalue weighted by molar-refractivity contribution is -0.870. The maximum absolute atomic E-state index is 7.95. The quantitative estimate of drug-likeness (QED) is 0.194. The van der Waals surface area contributed by atoms with E-state index in [0.717, 1.165) is 11.0 Å². The van der Waals surface area contributed by atoms with Crippen LogP contribution in [0.5, 0.6) is 0 Å². The van der Waals surface area contributed by atoms with E-state index in [1.807, 2.05) is 0 Å². The third-order valence-corrected chi connectivity index (χ3v) is 1.31. The fraction of sp³-hybridized carbons (Fsp3) is 1.00. The Hall–Kier alpha value is -0.770. The van der Waals surface area contributed by atoms with Crippen molar-refractivity contribution < 1.29 is 9.22 Å². The van der Waals surface area contributed by atoms with Gasteiger partial charge in [0, 0.05) is 11.5 Å². The van der Waals surface area contributed by atoms with Gasteiger partial charge in [-0.2, -0.15) is 0 Å². The lowest BCUT2D eigenvalue weighted by Gasteiger charge is -2.23. The smallest absolute Gasteiger partial charge is 0.102 e. The number of ether oxygens (including phenoxy) is 1. The first-order valence-corrected chi connectivity index (χ1v) is 3.95. The van der Waals surface area contributed by atoms with Crippen LogP contribution in [0.2, 0.25) is 0 Å². The number of nitrogens with zero attached hydrogens (tertiary/aromatic N) is 4. The fourth-order valence-electron chi connectivity index (χ4n) is 0.591. The molecule has 0 radical (unpaired) electrons. The standard InChI is InChI=1S/C7H17N4O/c1-11(2,3)5-7-12-6-4-9-10-8/h4-7H2,1-3H3/q+1. The lowest BCUT2D eigenvalue weighted by atomic mass is 10.5. The first kappa shape index (κ1) is 11.2. The molecule has 0 N–H and O–H groups in total. The highest BCUT2D eigenvalue weighted by atomic mass is 16.5. The molecule has 0 aliphatic heterocycles. The molecule has 12 heavy (non-hydrogen) atoms. The molecule has 0 unspecified atom stereocenters. The van der Waals surface area contributed by atoms with Crippen molar-refractivity contribution in [3.05, 3.63) is 10.4 Å². The average molecular weight is 173 g/mol. The fourth-order valence-corrected chi connectivity index (χ4v) is 0.591. The topological polar surface area (TPSA) is 58.0 Å². The summed E-state index contributed by atoms with van der Waals surface area (Å²) < 4.78 is 6.12. The summed E-state index contributed by atoms with van der Waals surface area (Å²) in [6.45, 7) is 2.62. The maximum atomic E-state index is 7.95. The van der Waals surface area contributed by atoms with Crippen molar-refractivity contribution >= 4 is 0 Å². The van der Waals surface area contributed by atoms with Gasteiger partial charge in [-0.15, -0.1) is 0 Å². The number of hydrogen-bond donors (Lipinski definition) is 0. The van der Waals surface area contributed by atoms with Crippen molar-refractivity contribution in [2.75, 3.05) is 47.4 Å². The summed E-state index contributed by atoms with van der Waals surface area (Å²) in [6.07, 6.45) is 0. The molecule has 0 atom stereocenters. The first-order chi connectivity index (χ1) is 5.56. The number of azide groups is 1. The number of hydrogen-bond acceptors (Lipinski definition) is 2. The van der Waals surface area contributed by atoms with Gasteiger partial charge in [0.15, 0.2) is 0 Å². The van der Waals surface area contributed by atoms with E-state index in [0.29, 0.717) is 19.8 Å². The Balaban J connectivity index is 3.16. The van der Waals surface area contributed by atoms with E-state index in [1.54, 1.807) is 0 Å². The predicted octanol–water partition coefficient (Wildman–Crippen LogP) is 1.02. The monoisotopic (exact) mass is 173 g/mol. The molecule has 0 bridgehead atoms. The summed E-state index contributed by atoms with van der Waals surface area (Å²) in [6, 6.07) is 0. The van der Waals surface area contributed by atoms with Crippen molar-refractivity contribution in [1.82, 2.24) is 0 Å². The van der Waals surface area contributed by atoms with E-state index >= 15 is 0 Å². The van der Waals surface area contributed by atoms with Crippen LogP contribution in [0.15, 0.2) is 5.11 Å². The van der Waals surface area contributed by atoms with E-state index in [2.05, 4.69) is 31.2 Å². The summed E-state index contributed by atoms with van der Waals surface area (Å²) in [4.78, 5) is 2.62. The molecule has 5 nitrogen and oxygen atoms in total. The summed E-state index contributed by atoms with van der Waals surface area (Å²) in [5, 5.41) is 3.36. The molecule has 5 heteroatoms. The highest BCUT2D eigenvalue weighted by molar-refractivity contribution is 4.43. The second kappa shape index (κ2) is 5.83. The largest absolute Gasteiger partial charge is 0.375 e. The number of quaternary nitrogens is 1. The molecule has 0 amide bonds. The normalized spacial score (nSPS) is 10.9. The lowest BCUT2D eigenvalue weighted by Crippen LogP contribution is -2.37. The minimum Gasteiger partial charge on any atom is -0.375 e. The summed E-state index contributed by atoms with van der Waals surface area (Å²) in [5.74, 6) is 0. The van der Waals surface area contributed by atoms with Crippen LogP contribution in [-0.2, 0) is 4.74 Å². The molecule has 0 fully saturated rings. The molecule has 0 aromatic heterocycles. The zero-order valence-corrected chi connectivity index (χ0v) is 8.03. The molecule has 0 aromatic carbocycles. The molecule has 0 heterocycles. The number of likely N-dealkylation sites (N-methyl/N-ethyl adjacent to an activating group) is 1. The Kier molecular flexibility index (Phi) is 5.45. The van der Waals surface area contributed by atoms with Gasteiger partial charge in [0.25, 0.3) is 0 Å². The van der Waals surface area contributed by atoms with Gasteiger partial charge in [-0.3, -0.25) is 0 Å². The van der Waals surface area contributed by atoms with E-state index in [9.17, 15) is 0 Å². The highest BCUT2D eigenvalue weighted by Gasteiger charge is 2.04. The summed E-state index contributed by atoms with van der Waals surface area (Å²) in [5.41, 5.74) is 7.95. The van der Waals surface area contributed by atoms with E-state index < -0.39 is 0 Å². The second-order valence-electron chi connectivity index (χ2n) is 3.58. The molecule has 0 aliphatic carbocycles. The van der Waals surface area contributed by atoms with Crippen LogP contribution in [0.1, 0.15) is 0 Å². The van der Waals surface area contributed by atoms with Crippen LogP contribution in [0, 0.1) is 0 Å². The van der Waals surface area contributed by atoms with Gasteiger partial charge in [-0.1, -0.05) is 5.11 Å². The van der Waals surface area contributed by atoms with E-state index in [4.69, 9.17) is 10.3 Å². The van der Waals surface area contributed by atoms with Gasteiger partial charge in [0.1, 0.15) is 6.54 Å². The molecule has 0 aromatic rings. The summed E-state index contributed by atoms with van der Waals surface area (Å²) in [7, 11) is 6.32. The SMILES string of the molecule is C[N+](C)(C)CCOCCN=[N+]=[N-]. The highest BCUT2D eigenvalue weighted by Crippen LogP contribution is 1.89. The van der Waals surface area contributed by atoms with Crippen LogP contribution < -0.4 is 0 Å². The van der Waals surface area contributed by atoms with Crippen molar-refractivity contribution in [3.8, 4) is 0 Å². The zero-order valence-electron chi connectivity index (χ0n) is 8.03. The van der Waals surface area contributed by atoms with Gasteiger partial charge in [0.05, 0.1) is 34.4 Å². The molecule has 0 spiro atoms. The minimum atomic E-state index is 0.424. The third-order valence-electron chi connectivity index (χ3n) is 1.31. The Morgan fingerprint density at radius 3 is 2.50 bits per heavy atom. The van der Waals surface area contributed by atoms with Crippen molar-refractivity contribution in [2.45, 2.75) is 0 Å². The molecule has 70 valence electrons. The molecule has 0 aliphatic rings. The van der Waals surface area contributed by atoms with Crippen LogP contribution >= 0.6 is 0 Å². The van der Waals surface area contributed by atoms with Crippen molar-refractivity contribution in [2.24, 2.45) is 5.11 Å². The average Bonchev–Trinajstić information content (AvgIpc) is 1.94. The van der Waals surface area contributed by atoms with Gasteiger partial charge >= 0.3 is 0 Å². The number of rotatable bonds is 6. The van der Waals surface area contributed by atoms with Crippen LogP contribution in [0.3, 0.4) is 0 Å². The van der Waals surface area contributed by atoms with Crippen LogP contribution in [-0.4, -0.2) is 51.9 Å². The van der Waals surface area contributed by atoms with Crippen LogP contribution in [0.4, 0.5) is 0 Å². The van der Waals surface area contributed by atoms with Gasteiger partial charge in [-0.25, -0.2) is 0 Å². The van der Waals surface area contributed by atoms with Crippen molar-refractivity contribution in [3.63, 3.8) is 0 Å². The Labute approximate surface area is 73.1 Å². The summed E-state index contributed by atoms with van der Waals surface area (Å²) >= 11 is 0. The first-order valence-electron chi connectivity index (χ1n) is 3.95. The van der Waals surface area contributed by atoms with Crippen molar-refractivity contribution in [1.29, 1.82) is 0 Å². The van der Waals surface area contributed by atoms with Gasteiger partial charge in [0.2, 0.25) is 0 Å².